The Balaban J connectivity index is 1.64. The molecule has 6 nitrogen and oxygen atoms in total. The van der Waals surface area contributed by atoms with E-state index in [1.807, 2.05) is 26.0 Å². The summed E-state index contributed by atoms with van der Waals surface area (Å²) in [5, 5.41) is 2.72. The fourth-order valence-corrected chi connectivity index (χ4v) is 4.52. The van der Waals surface area contributed by atoms with Crippen LogP contribution in [0, 0.1) is 31.6 Å². The maximum atomic E-state index is 13.0. The van der Waals surface area contributed by atoms with Crippen LogP contribution in [0.2, 0.25) is 0 Å². The van der Waals surface area contributed by atoms with Gasteiger partial charge in [0.25, 0.3) is 5.91 Å². The Kier molecular flexibility index (Phi) is 8.48. The zero-order valence-electron chi connectivity index (χ0n) is 20.7. The first-order valence-corrected chi connectivity index (χ1v) is 12.0. The molecule has 6 heteroatoms. The second-order valence-corrected chi connectivity index (χ2v) is 9.74. The van der Waals surface area contributed by atoms with Gasteiger partial charge in [-0.05, 0) is 79.8 Å². The van der Waals surface area contributed by atoms with E-state index in [2.05, 4.69) is 26.1 Å². The van der Waals surface area contributed by atoms with Gasteiger partial charge in [-0.25, -0.2) is 9.59 Å². The van der Waals surface area contributed by atoms with Crippen LogP contribution in [-0.4, -0.2) is 30.6 Å². The van der Waals surface area contributed by atoms with E-state index >= 15 is 0 Å². The van der Waals surface area contributed by atoms with Gasteiger partial charge in [-0.1, -0.05) is 45.4 Å². The van der Waals surface area contributed by atoms with Crippen molar-refractivity contribution >= 4 is 23.5 Å². The molecule has 1 saturated carbocycles. The average molecular weight is 466 g/mol. The molecule has 1 aliphatic rings. The monoisotopic (exact) mass is 465 g/mol. The van der Waals surface area contributed by atoms with Crippen LogP contribution >= 0.6 is 0 Å². The quantitative estimate of drug-likeness (QED) is 0.529. The number of rotatable bonds is 7. The molecule has 0 unspecified atom stereocenters. The molecule has 3 atom stereocenters. The van der Waals surface area contributed by atoms with Gasteiger partial charge in [0, 0.05) is 5.69 Å². The normalized spacial score (nSPS) is 20.0. The molecule has 0 heterocycles. The largest absolute Gasteiger partial charge is 0.458 e. The average Bonchev–Trinajstić information content (AvgIpc) is 2.79. The third-order valence-corrected chi connectivity index (χ3v) is 6.71. The van der Waals surface area contributed by atoms with Crippen LogP contribution < -0.4 is 5.32 Å². The first-order valence-electron chi connectivity index (χ1n) is 12.0. The van der Waals surface area contributed by atoms with Crippen molar-refractivity contribution in [3.8, 4) is 0 Å². The van der Waals surface area contributed by atoms with Crippen molar-refractivity contribution in [2.75, 3.05) is 11.9 Å². The van der Waals surface area contributed by atoms with Crippen LogP contribution in [0.4, 0.5) is 5.69 Å². The van der Waals surface area contributed by atoms with E-state index in [1.165, 1.54) is 6.07 Å². The molecule has 1 fully saturated rings. The first-order chi connectivity index (χ1) is 16.2. The van der Waals surface area contributed by atoms with E-state index < -0.39 is 24.5 Å². The number of aryl methyl sites for hydroxylation is 2. The maximum Gasteiger partial charge on any atom is 0.339 e. The number of nitrogens with one attached hydrogen (secondary N) is 1. The topological polar surface area (TPSA) is 81.7 Å². The molecular formula is C28H35NO5. The standard InChI is InChI=1S/C28H35NO5/c1-17(2)22-13-10-18(3)14-25(22)34-28(32)24-9-7-6-8-23(24)27(31)33-16-26(30)29-21-12-11-19(4)20(5)15-21/h6-9,11-12,15,17-18,22,25H,10,13-14,16H2,1-5H3,(H,29,30)/t18-,22-,25-/m1/s1. The van der Waals surface area contributed by atoms with Crippen LogP contribution in [0.1, 0.15) is 71.9 Å². The minimum Gasteiger partial charge on any atom is -0.458 e. The molecule has 0 aliphatic heterocycles. The van der Waals surface area contributed by atoms with Gasteiger partial charge < -0.3 is 14.8 Å². The minimum absolute atomic E-state index is 0.0939. The zero-order valence-corrected chi connectivity index (χ0v) is 20.7. The highest BCUT2D eigenvalue weighted by atomic mass is 16.5. The lowest BCUT2D eigenvalue weighted by Gasteiger charge is -2.36. The summed E-state index contributed by atoms with van der Waals surface area (Å²) in [6, 6.07) is 12.0. The van der Waals surface area contributed by atoms with Crippen LogP contribution in [0.25, 0.3) is 0 Å². The highest BCUT2D eigenvalue weighted by molar-refractivity contribution is 6.04. The Labute approximate surface area is 202 Å². The van der Waals surface area contributed by atoms with Gasteiger partial charge in [0.05, 0.1) is 11.1 Å². The number of ether oxygens (including phenoxy) is 2. The number of carbonyl (C=O) groups is 3. The number of hydrogen-bond donors (Lipinski definition) is 1. The molecule has 2 aromatic carbocycles. The van der Waals surface area contributed by atoms with Gasteiger partial charge in [0.15, 0.2) is 6.61 Å². The highest BCUT2D eigenvalue weighted by Crippen LogP contribution is 2.35. The molecule has 0 radical (unpaired) electrons. The van der Waals surface area contributed by atoms with Crippen molar-refractivity contribution in [2.45, 2.75) is 60.0 Å². The molecule has 34 heavy (non-hydrogen) atoms. The third-order valence-electron chi connectivity index (χ3n) is 6.71. The molecular weight excluding hydrogens is 430 g/mol. The summed E-state index contributed by atoms with van der Waals surface area (Å²) in [7, 11) is 0. The van der Waals surface area contributed by atoms with E-state index in [1.54, 1.807) is 24.3 Å². The number of hydrogen-bond acceptors (Lipinski definition) is 5. The summed E-state index contributed by atoms with van der Waals surface area (Å²) in [6.45, 7) is 9.96. The molecule has 0 spiro atoms. The van der Waals surface area contributed by atoms with E-state index in [0.717, 1.165) is 30.4 Å². The summed E-state index contributed by atoms with van der Waals surface area (Å²) >= 11 is 0. The van der Waals surface area contributed by atoms with Gasteiger partial charge in [-0.15, -0.1) is 0 Å². The summed E-state index contributed by atoms with van der Waals surface area (Å²) in [4.78, 5) is 38.1. The molecule has 1 amide bonds. The number of carbonyl (C=O) groups excluding carboxylic acids is 3. The van der Waals surface area contributed by atoms with Crippen LogP contribution in [0.15, 0.2) is 42.5 Å². The van der Waals surface area contributed by atoms with Crippen molar-refractivity contribution in [1.29, 1.82) is 0 Å². The summed E-state index contributed by atoms with van der Waals surface area (Å²) in [5.74, 6) is -0.525. The Bertz CT molecular complexity index is 1040. The van der Waals surface area contributed by atoms with E-state index in [-0.39, 0.29) is 17.2 Å². The molecule has 1 N–H and O–H groups in total. The van der Waals surface area contributed by atoms with Crippen molar-refractivity contribution in [3.63, 3.8) is 0 Å². The second kappa shape index (κ2) is 11.3. The van der Waals surface area contributed by atoms with Crippen molar-refractivity contribution in [2.24, 2.45) is 17.8 Å². The molecule has 182 valence electrons. The van der Waals surface area contributed by atoms with Gasteiger partial charge >= 0.3 is 11.9 Å². The lowest BCUT2D eigenvalue weighted by atomic mass is 9.75. The van der Waals surface area contributed by atoms with Crippen LogP contribution in [0.5, 0.6) is 0 Å². The number of amides is 1. The molecule has 0 aromatic heterocycles. The smallest absolute Gasteiger partial charge is 0.339 e. The molecule has 3 rings (SSSR count). The molecule has 1 aliphatic carbocycles. The van der Waals surface area contributed by atoms with E-state index in [9.17, 15) is 14.4 Å². The van der Waals surface area contributed by atoms with Gasteiger partial charge in [0.1, 0.15) is 6.10 Å². The summed E-state index contributed by atoms with van der Waals surface area (Å²) < 4.78 is 11.1. The Morgan fingerprint density at radius 3 is 2.29 bits per heavy atom. The summed E-state index contributed by atoms with van der Waals surface area (Å²) in [5.41, 5.74) is 3.05. The minimum atomic E-state index is -0.736. The number of benzene rings is 2. The fourth-order valence-electron chi connectivity index (χ4n) is 4.52. The van der Waals surface area contributed by atoms with Crippen molar-refractivity contribution in [1.82, 2.24) is 0 Å². The molecule has 0 bridgehead atoms. The van der Waals surface area contributed by atoms with Gasteiger partial charge in [0.2, 0.25) is 0 Å². The molecule has 0 saturated heterocycles. The third kappa shape index (κ3) is 6.46. The highest BCUT2D eigenvalue weighted by Gasteiger charge is 2.34. The first kappa shape index (κ1) is 25.5. The SMILES string of the molecule is Cc1ccc(NC(=O)COC(=O)c2ccccc2C(=O)O[C@@H]2C[C@H](C)CC[C@@H]2C(C)C)cc1C. The zero-order chi connectivity index (χ0) is 24.8. The van der Waals surface area contributed by atoms with Crippen LogP contribution in [-0.2, 0) is 14.3 Å². The number of esters is 2. The van der Waals surface area contributed by atoms with Crippen molar-refractivity contribution in [3.05, 3.63) is 64.7 Å². The second-order valence-electron chi connectivity index (χ2n) is 9.74. The van der Waals surface area contributed by atoms with E-state index in [0.29, 0.717) is 23.4 Å². The Morgan fingerprint density at radius 2 is 1.65 bits per heavy atom. The van der Waals surface area contributed by atoms with Gasteiger partial charge in [-0.3, -0.25) is 4.79 Å². The fraction of sp³-hybridized carbons (Fsp3) is 0.464. The van der Waals surface area contributed by atoms with Crippen LogP contribution in [0.3, 0.4) is 0 Å². The number of anilines is 1. The van der Waals surface area contributed by atoms with Gasteiger partial charge in [-0.2, -0.15) is 0 Å². The lowest BCUT2D eigenvalue weighted by molar-refractivity contribution is -0.119. The lowest BCUT2D eigenvalue weighted by Crippen LogP contribution is -2.36. The predicted molar refractivity (Wildman–Crippen MR) is 132 cm³/mol. The molecule has 2 aromatic rings. The Morgan fingerprint density at radius 1 is 0.971 bits per heavy atom. The maximum absolute atomic E-state index is 13.0. The predicted octanol–water partition coefficient (Wildman–Crippen LogP) is 5.72. The van der Waals surface area contributed by atoms with Crippen molar-refractivity contribution < 1.29 is 23.9 Å². The Hall–Kier alpha value is -3.15. The van der Waals surface area contributed by atoms with E-state index in [4.69, 9.17) is 9.47 Å². The summed E-state index contributed by atoms with van der Waals surface area (Å²) in [6.07, 6.45) is 2.80.